The fourth-order valence-corrected chi connectivity index (χ4v) is 3.65. The van der Waals surface area contributed by atoms with Gasteiger partial charge in [-0.2, -0.15) is 0 Å². The van der Waals surface area contributed by atoms with Crippen molar-refractivity contribution in [3.8, 4) is 0 Å². The zero-order chi connectivity index (χ0) is 21.0. The first-order chi connectivity index (χ1) is 14.8. The molecule has 0 saturated heterocycles. The van der Waals surface area contributed by atoms with Crippen molar-refractivity contribution in [2.75, 3.05) is 23.7 Å². The maximum Gasteiger partial charge on any atom is 0.222 e. The van der Waals surface area contributed by atoms with Crippen molar-refractivity contribution in [2.24, 2.45) is 0 Å². The van der Waals surface area contributed by atoms with E-state index >= 15 is 0 Å². The quantitative estimate of drug-likeness (QED) is 0.306. The molecule has 5 nitrogen and oxygen atoms in total. The van der Waals surface area contributed by atoms with E-state index in [-0.39, 0.29) is 0 Å². The standard InChI is InChI=1S/C24H32ClN5/c1-2-3-4-7-15-28-24-29-16-12-20(30-24)9-6-5-8-14-26-22-13-17-27-23-18-19(25)10-11-21(22)23/h10-13,16-18H,2-9,14-15H2,1H3,(H,26,27)(H,28,29,30). The summed E-state index contributed by atoms with van der Waals surface area (Å²) in [5.74, 6) is 0.760. The van der Waals surface area contributed by atoms with Gasteiger partial charge in [0.2, 0.25) is 5.95 Å². The van der Waals surface area contributed by atoms with Crippen LogP contribution in [-0.2, 0) is 6.42 Å². The molecule has 0 saturated carbocycles. The van der Waals surface area contributed by atoms with Crippen molar-refractivity contribution in [1.82, 2.24) is 15.0 Å². The van der Waals surface area contributed by atoms with Gasteiger partial charge in [0.05, 0.1) is 5.52 Å². The Hall–Kier alpha value is -2.40. The van der Waals surface area contributed by atoms with E-state index in [1.807, 2.05) is 42.7 Å². The van der Waals surface area contributed by atoms with Crippen LogP contribution in [0.5, 0.6) is 0 Å². The number of hydrogen-bond donors (Lipinski definition) is 2. The summed E-state index contributed by atoms with van der Waals surface area (Å²) in [6, 6.07) is 9.88. The van der Waals surface area contributed by atoms with Crippen LogP contribution < -0.4 is 10.6 Å². The van der Waals surface area contributed by atoms with Crippen molar-refractivity contribution >= 4 is 34.1 Å². The van der Waals surface area contributed by atoms with Gasteiger partial charge in [-0.3, -0.25) is 4.98 Å². The summed E-state index contributed by atoms with van der Waals surface area (Å²) in [5.41, 5.74) is 3.15. The van der Waals surface area contributed by atoms with Crippen molar-refractivity contribution < 1.29 is 0 Å². The molecule has 0 bridgehead atoms. The average molecular weight is 426 g/mol. The summed E-state index contributed by atoms with van der Waals surface area (Å²) in [7, 11) is 0. The second kappa shape index (κ2) is 12.3. The number of pyridine rings is 1. The Labute approximate surface area is 184 Å². The SMILES string of the molecule is CCCCCCNc1nccc(CCCCCNc2ccnc3cc(Cl)ccc23)n1. The van der Waals surface area contributed by atoms with Crippen LogP contribution in [0.1, 0.15) is 57.6 Å². The molecule has 3 rings (SSSR count). The zero-order valence-electron chi connectivity index (χ0n) is 17.8. The highest BCUT2D eigenvalue weighted by atomic mass is 35.5. The van der Waals surface area contributed by atoms with Crippen LogP contribution in [0, 0.1) is 0 Å². The van der Waals surface area contributed by atoms with E-state index in [1.54, 1.807) is 0 Å². The number of halogens is 1. The van der Waals surface area contributed by atoms with Gasteiger partial charge in [-0.05, 0) is 56.0 Å². The number of hydrogen-bond acceptors (Lipinski definition) is 5. The molecule has 0 unspecified atom stereocenters. The van der Waals surface area contributed by atoms with Crippen molar-refractivity contribution in [3.63, 3.8) is 0 Å². The molecule has 1 aromatic carbocycles. The molecule has 0 aliphatic heterocycles. The minimum absolute atomic E-state index is 0.715. The minimum Gasteiger partial charge on any atom is -0.384 e. The molecule has 2 heterocycles. The second-order valence-electron chi connectivity index (χ2n) is 7.62. The molecule has 0 radical (unpaired) electrons. The lowest BCUT2D eigenvalue weighted by molar-refractivity contribution is 0.680. The van der Waals surface area contributed by atoms with Crippen LogP contribution in [0.15, 0.2) is 42.7 Å². The first-order valence-electron chi connectivity index (χ1n) is 11.1. The molecule has 0 atom stereocenters. The fraction of sp³-hybridized carbons (Fsp3) is 0.458. The Morgan fingerprint density at radius 3 is 2.50 bits per heavy atom. The molecule has 6 heteroatoms. The highest BCUT2D eigenvalue weighted by molar-refractivity contribution is 6.31. The molecule has 0 spiro atoms. The molecular weight excluding hydrogens is 394 g/mol. The van der Waals surface area contributed by atoms with Crippen molar-refractivity contribution in [3.05, 3.63) is 53.4 Å². The molecule has 2 N–H and O–H groups in total. The summed E-state index contributed by atoms with van der Waals surface area (Å²) in [5, 5.41) is 8.70. The first-order valence-corrected chi connectivity index (χ1v) is 11.5. The summed E-state index contributed by atoms with van der Waals surface area (Å²) < 4.78 is 0. The van der Waals surface area contributed by atoms with Crippen molar-refractivity contribution in [2.45, 2.75) is 58.3 Å². The van der Waals surface area contributed by atoms with Crippen LogP contribution in [0.3, 0.4) is 0 Å². The van der Waals surface area contributed by atoms with Crippen LogP contribution in [-0.4, -0.2) is 28.0 Å². The topological polar surface area (TPSA) is 62.7 Å². The van der Waals surface area contributed by atoms with Crippen LogP contribution in [0.4, 0.5) is 11.6 Å². The predicted molar refractivity (Wildman–Crippen MR) is 127 cm³/mol. The zero-order valence-corrected chi connectivity index (χ0v) is 18.6. The molecule has 0 aliphatic rings. The predicted octanol–water partition coefficient (Wildman–Crippen LogP) is 6.50. The van der Waals surface area contributed by atoms with Gasteiger partial charge in [-0.25, -0.2) is 9.97 Å². The lowest BCUT2D eigenvalue weighted by Gasteiger charge is -2.10. The average Bonchev–Trinajstić information content (AvgIpc) is 2.76. The van der Waals surface area contributed by atoms with Gasteiger partial charge in [0.1, 0.15) is 0 Å². The summed E-state index contributed by atoms with van der Waals surface area (Å²) in [6.45, 7) is 4.12. The number of nitrogens with zero attached hydrogens (tertiary/aromatic N) is 3. The van der Waals surface area contributed by atoms with Gasteiger partial charge in [-0.15, -0.1) is 0 Å². The number of anilines is 2. The third-order valence-electron chi connectivity index (χ3n) is 5.16. The van der Waals surface area contributed by atoms with E-state index in [0.717, 1.165) is 67.0 Å². The van der Waals surface area contributed by atoms with Gasteiger partial charge in [0, 0.05) is 47.3 Å². The highest BCUT2D eigenvalue weighted by Crippen LogP contribution is 2.24. The number of fused-ring (bicyclic) bond motifs is 1. The molecule has 30 heavy (non-hydrogen) atoms. The largest absolute Gasteiger partial charge is 0.384 e. The number of benzene rings is 1. The molecule has 0 amide bonds. The Bertz CT molecular complexity index is 915. The Balaban J connectivity index is 1.35. The van der Waals surface area contributed by atoms with Gasteiger partial charge in [0.15, 0.2) is 0 Å². The van der Waals surface area contributed by atoms with E-state index in [1.165, 1.54) is 25.7 Å². The third-order valence-corrected chi connectivity index (χ3v) is 5.39. The molecular formula is C24H32ClN5. The molecule has 3 aromatic rings. The van der Waals surface area contributed by atoms with Crippen LogP contribution in [0.25, 0.3) is 10.9 Å². The lowest BCUT2D eigenvalue weighted by Crippen LogP contribution is -2.06. The Kier molecular flexibility index (Phi) is 9.16. The number of unbranched alkanes of at least 4 members (excludes halogenated alkanes) is 5. The summed E-state index contributed by atoms with van der Waals surface area (Å²) >= 11 is 6.06. The summed E-state index contributed by atoms with van der Waals surface area (Å²) in [6.07, 6.45) is 13.1. The lowest BCUT2D eigenvalue weighted by atomic mass is 10.1. The minimum atomic E-state index is 0.715. The smallest absolute Gasteiger partial charge is 0.222 e. The Morgan fingerprint density at radius 1 is 0.833 bits per heavy atom. The summed E-state index contributed by atoms with van der Waals surface area (Å²) in [4.78, 5) is 13.4. The van der Waals surface area contributed by atoms with Gasteiger partial charge in [0.25, 0.3) is 0 Å². The normalized spacial score (nSPS) is 11.0. The monoisotopic (exact) mass is 425 g/mol. The highest BCUT2D eigenvalue weighted by Gasteiger charge is 2.03. The maximum absolute atomic E-state index is 6.06. The maximum atomic E-state index is 6.06. The number of nitrogens with one attached hydrogen (secondary N) is 2. The van der Waals surface area contributed by atoms with Crippen molar-refractivity contribution in [1.29, 1.82) is 0 Å². The molecule has 160 valence electrons. The third kappa shape index (κ3) is 7.13. The fourth-order valence-electron chi connectivity index (χ4n) is 3.48. The first kappa shape index (κ1) is 22.3. The van der Waals surface area contributed by atoms with Gasteiger partial charge in [-0.1, -0.05) is 44.2 Å². The molecule has 0 fully saturated rings. The van der Waals surface area contributed by atoms with Gasteiger partial charge < -0.3 is 10.6 Å². The number of rotatable bonds is 13. The van der Waals surface area contributed by atoms with E-state index in [2.05, 4.69) is 32.5 Å². The van der Waals surface area contributed by atoms with Crippen LogP contribution >= 0.6 is 11.6 Å². The van der Waals surface area contributed by atoms with E-state index in [0.29, 0.717) is 5.02 Å². The van der Waals surface area contributed by atoms with Crippen LogP contribution in [0.2, 0.25) is 5.02 Å². The molecule has 0 aliphatic carbocycles. The van der Waals surface area contributed by atoms with E-state index in [4.69, 9.17) is 11.6 Å². The number of aryl methyl sites for hydroxylation is 1. The second-order valence-corrected chi connectivity index (χ2v) is 8.05. The Morgan fingerprint density at radius 2 is 1.63 bits per heavy atom. The van der Waals surface area contributed by atoms with E-state index < -0.39 is 0 Å². The molecule has 2 aromatic heterocycles. The number of aromatic nitrogens is 3. The van der Waals surface area contributed by atoms with E-state index in [9.17, 15) is 0 Å². The van der Waals surface area contributed by atoms with Gasteiger partial charge >= 0.3 is 0 Å².